The predicted octanol–water partition coefficient (Wildman–Crippen LogP) is 2.13. The third-order valence-corrected chi connectivity index (χ3v) is 7.26. The number of amides is 3. The minimum absolute atomic E-state index is 0.116. The average Bonchev–Trinajstić information content (AvgIpc) is 3.15. The number of rotatable bonds is 5. The lowest BCUT2D eigenvalue weighted by Crippen LogP contribution is -2.54. The van der Waals surface area contributed by atoms with Crippen molar-refractivity contribution in [3.8, 4) is 5.75 Å². The van der Waals surface area contributed by atoms with Crippen molar-refractivity contribution in [1.82, 2.24) is 25.1 Å². The highest BCUT2D eigenvalue weighted by molar-refractivity contribution is 5.89. The minimum atomic E-state index is -0.667. The normalized spacial score (nSPS) is 24.6. The summed E-state index contributed by atoms with van der Waals surface area (Å²) in [6.07, 6.45) is 4.73. The molecular formula is C26H33N5O5. The van der Waals surface area contributed by atoms with Crippen molar-refractivity contribution in [2.24, 2.45) is 5.92 Å². The molecule has 0 spiro atoms. The van der Waals surface area contributed by atoms with Gasteiger partial charge in [-0.2, -0.15) is 0 Å². The van der Waals surface area contributed by atoms with Crippen LogP contribution < -0.4 is 5.32 Å². The van der Waals surface area contributed by atoms with Crippen molar-refractivity contribution in [1.29, 1.82) is 0 Å². The Morgan fingerprint density at radius 2 is 2.08 bits per heavy atom. The molecule has 0 bridgehead atoms. The van der Waals surface area contributed by atoms with Crippen LogP contribution in [-0.2, 0) is 33.7 Å². The summed E-state index contributed by atoms with van der Waals surface area (Å²) in [5.41, 5.74) is 0.734. The molecule has 3 atom stereocenters. The third kappa shape index (κ3) is 4.89. The summed E-state index contributed by atoms with van der Waals surface area (Å²) in [6, 6.07) is 4.42. The molecular weight excluding hydrogens is 462 g/mol. The second-order valence-corrected chi connectivity index (χ2v) is 11.1. The zero-order chi connectivity index (χ0) is 25.7. The van der Waals surface area contributed by atoms with E-state index in [1.165, 1.54) is 0 Å². The highest BCUT2D eigenvalue weighted by atomic mass is 16.6. The summed E-state index contributed by atoms with van der Waals surface area (Å²) >= 11 is 0. The lowest BCUT2D eigenvalue weighted by molar-refractivity contribution is -0.146. The quantitative estimate of drug-likeness (QED) is 0.583. The molecule has 2 aliphatic heterocycles. The van der Waals surface area contributed by atoms with Crippen LogP contribution >= 0.6 is 0 Å². The van der Waals surface area contributed by atoms with Gasteiger partial charge < -0.3 is 29.9 Å². The van der Waals surface area contributed by atoms with Gasteiger partial charge in [0.25, 0.3) is 0 Å². The van der Waals surface area contributed by atoms with Gasteiger partial charge in [0, 0.05) is 57.2 Å². The van der Waals surface area contributed by atoms with Gasteiger partial charge in [0.15, 0.2) is 0 Å². The molecule has 1 aliphatic carbocycles. The van der Waals surface area contributed by atoms with Crippen molar-refractivity contribution in [3.63, 3.8) is 0 Å². The second-order valence-electron chi connectivity index (χ2n) is 11.1. The largest absolute Gasteiger partial charge is 0.508 e. The number of aromatic amines is 1. The molecule has 2 aromatic rings. The molecule has 3 aliphatic rings. The number of aromatic hydroxyl groups is 1. The van der Waals surface area contributed by atoms with E-state index in [1.807, 2.05) is 26.8 Å². The maximum Gasteiger partial charge on any atom is 0.408 e. The molecule has 2 fully saturated rings. The standard InChI is InChI=1S/C26H33N5O5/c1-25(2,3)36-24(35)29-26-12-18(26)14-30(15-26)23(34)20-11-17-10-19(32)5-4-16(17)13-31(20)22(33)7-6-21-27-8-9-28-21/h4-5,8-10,18,20,32H,6-7,11-15H2,1-3H3,(H,27,28)(H,29,35)/t18?,20?,26-/m0/s1. The molecule has 2 unspecified atom stereocenters. The predicted molar refractivity (Wildman–Crippen MR) is 130 cm³/mol. The zero-order valence-electron chi connectivity index (χ0n) is 20.9. The monoisotopic (exact) mass is 495 g/mol. The Kier molecular flexibility index (Phi) is 5.92. The van der Waals surface area contributed by atoms with E-state index in [0.29, 0.717) is 32.5 Å². The van der Waals surface area contributed by atoms with E-state index >= 15 is 0 Å². The number of H-pyrrole nitrogens is 1. The number of piperidine rings is 1. The third-order valence-electron chi connectivity index (χ3n) is 7.26. The molecule has 36 heavy (non-hydrogen) atoms. The number of fused-ring (bicyclic) bond motifs is 2. The topological polar surface area (TPSA) is 128 Å². The van der Waals surface area contributed by atoms with E-state index in [2.05, 4.69) is 15.3 Å². The van der Waals surface area contributed by atoms with Gasteiger partial charge in [-0.05, 0) is 50.5 Å². The molecule has 1 saturated carbocycles. The fraction of sp³-hybridized carbons (Fsp3) is 0.538. The van der Waals surface area contributed by atoms with E-state index in [9.17, 15) is 19.5 Å². The number of aromatic nitrogens is 2. The summed E-state index contributed by atoms with van der Waals surface area (Å²) in [5, 5.41) is 13.0. The molecule has 192 valence electrons. The first kappa shape index (κ1) is 24.1. The Morgan fingerprint density at radius 1 is 1.28 bits per heavy atom. The number of alkyl carbamates (subject to hydrolysis) is 1. The maximum atomic E-state index is 13.8. The number of benzene rings is 1. The highest BCUT2D eigenvalue weighted by Gasteiger charge is 2.62. The Bertz CT molecular complexity index is 1170. The molecule has 3 N–H and O–H groups in total. The van der Waals surface area contributed by atoms with Gasteiger partial charge >= 0.3 is 6.09 Å². The van der Waals surface area contributed by atoms with Crippen LogP contribution in [0.25, 0.3) is 0 Å². The van der Waals surface area contributed by atoms with E-state index in [-0.39, 0.29) is 29.9 Å². The zero-order valence-corrected chi connectivity index (χ0v) is 20.9. The minimum Gasteiger partial charge on any atom is -0.508 e. The molecule has 10 nitrogen and oxygen atoms in total. The number of hydrogen-bond donors (Lipinski definition) is 3. The van der Waals surface area contributed by atoms with Crippen molar-refractivity contribution in [2.45, 2.75) is 70.2 Å². The van der Waals surface area contributed by atoms with Crippen molar-refractivity contribution < 1.29 is 24.2 Å². The van der Waals surface area contributed by atoms with Crippen molar-refractivity contribution in [3.05, 3.63) is 47.5 Å². The van der Waals surface area contributed by atoms with E-state index in [0.717, 1.165) is 23.4 Å². The van der Waals surface area contributed by atoms with E-state index in [1.54, 1.807) is 34.3 Å². The molecule has 10 heteroatoms. The number of hydrogen-bond acceptors (Lipinski definition) is 6. The molecule has 3 heterocycles. The Hall–Kier alpha value is -3.56. The Balaban J connectivity index is 1.30. The second kappa shape index (κ2) is 8.83. The number of likely N-dealkylation sites (tertiary alicyclic amines) is 1. The van der Waals surface area contributed by atoms with Gasteiger partial charge in [0.05, 0.1) is 5.54 Å². The molecule has 1 aromatic carbocycles. The van der Waals surface area contributed by atoms with Crippen LogP contribution in [0.15, 0.2) is 30.6 Å². The maximum absolute atomic E-state index is 13.8. The number of nitrogens with zero attached hydrogens (tertiary/aromatic N) is 3. The number of carbonyl (C=O) groups is 3. The van der Waals surface area contributed by atoms with Crippen LogP contribution in [0.1, 0.15) is 50.6 Å². The van der Waals surface area contributed by atoms with Crippen LogP contribution in [0.3, 0.4) is 0 Å². The number of ether oxygens (including phenoxy) is 1. The van der Waals surface area contributed by atoms with Crippen LogP contribution in [0.2, 0.25) is 0 Å². The number of carbonyl (C=O) groups excluding carboxylic acids is 3. The Morgan fingerprint density at radius 3 is 2.81 bits per heavy atom. The molecule has 1 aromatic heterocycles. The highest BCUT2D eigenvalue weighted by Crippen LogP contribution is 2.50. The van der Waals surface area contributed by atoms with Gasteiger partial charge in [0.1, 0.15) is 23.2 Å². The fourth-order valence-corrected chi connectivity index (χ4v) is 5.42. The van der Waals surface area contributed by atoms with Crippen molar-refractivity contribution >= 4 is 17.9 Å². The van der Waals surface area contributed by atoms with Crippen molar-refractivity contribution in [2.75, 3.05) is 13.1 Å². The van der Waals surface area contributed by atoms with Gasteiger partial charge in [0.2, 0.25) is 11.8 Å². The first-order chi connectivity index (χ1) is 17.0. The number of phenolic OH excluding ortho intramolecular Hbond substituents is 1. The van der Waals surface area contributed by atoms with Gasteiger partial charge in [-0.3, -0.25) is 9.59 Å². The number of imidazole rings is 1. The lowest BCUT2D eigenvalue weighted by atomic mass is 9.92. The van der Waals surface area contributed by atoms with Crippen LogP contribution in [0.5, 0.6) is 5.75 Å². The fourth-order valence-electron chi connectivity index (χ4n) is 5.42. The molecule has 5 rings (SSSR count). The summed E-state index contributed by atoms with van der Waals surface area (Å²) in [5.74, 6) is 0.795. The summed E-state index contributed by atoms with van der Waals surface area (Å²) in [7, 11) is 0. The smallest absolute Gasteiger partial charge is 0.408 e. The van der Waals surface area contributed by atoms with Gasteiger partial charge in [-0.1, -0.05) is 6.07 Å². The summed E-state index contributed by atoms with van der Waals surface area (Å²) in [4.78, 5) is 50.1. The Labute approximate surface area is 210 Å². The van der Waals surface area contributed by atoms with Crippen LogP contribution in [0.4, 0.5) is 4.79 Å². The average molecular weight is 496 g/mol. The van der Waals surface area contributed by atoms with Gasteiger partial charge in [-0.25, -0.2) is 9.78 Å². The lowest BCUT2D eigenvalue weighted by Gasteiger charge is -2.38. The number of nitrogens with one attached hydrogen (secondary N) is 2. The van der Waals surface area contributed by atoms with E-state index in [4.69, 9.17) is 4.74 Å². The SMILES string of the molecule is CC(C)(C)OC(=O)N[C@]12CC1CN(C(=O)C1Cc3cc(O)ccc3CN1C(=O)CCc1ncc[nH]1)C2. The summed E-state index contributed by atoms with van der Waals surface area (Å²) < 4.78 is 5.42. The van der Waals surface area contributed by atoms with E-state index < -0.39 is 23.3 Å². The van der Waals surface area contributed by atoms with Gasteiger partial charge in [-0.15, -0.1) is 0 Å². The first-order valence-corrected chi connectivity index (χ1v) is 12.4. The molecule has 1 saturated heterocycles. The summed E-state index contributed by atoms with van der Waals surface area (Å²) in [6.45, 7) is 6.68. The molecule has 3 amide bonds. The number of phenols is 1. The molecule has 0 radical (unpaired) electrons. The van der Waals surface area contributed by atoms with Crippen LogP contribution in [0, 0.1) is 5.92 Å². The number of aryl methyl sites for hydroxylation is 1. The van der Waals surface area contributed by atoms with Crippen LogP contribution in [-0.4, -0.2) is 73.1 Å². The first-order valence-electron chi connectivity index (χ1n) is 12.4.